The number of fused-ring (bicyclic) bond motifs is 1. The maximum Gasteiger partial charge on any atom is 0.277 e. The van der Waals surface area contributed by atoms with Gasteiger partial charge in [-0.05, 0) is 0 Å². The largest absolute Gasteiger partial charge is 0.277 e. The number of thiazole rings is 1. The lowest BCUT2D eigenvalue weighted by Gasteiger charge is -2.22. The predicted octanol–water partition coefficient (Wildman–Crippen LogP) is -0.295. The van der Waals surface area contributed by atoms with E-state index in [0.717, 1.165) is 10.6 Å². The van der Waals surface area contributed by atoms with Crippen LogP contribution in [-0.4, -0.2) is 24.3 Å². The van der Waals surface area contributed by atoms with Crippen molar-refractivity contribution < 1.29 is 8.42 Å². The smallest absolute Gasteiger partial charge is 0.249 e. The highest BCUT2D eigenvalue weighted by molar-refractivity contribution is 7.86. The first-order valence-corrected chi connectivity index (χ1v) is 6.15. The van der Waals surface area contributed by atoms with E-state index in [1.807, 2.05) is 0 Å². The van der Waals surface area contributed by atoms with Crippen LogP contribution < -0.4 is 5.14 Å². The lowest BCUT2D eigenvalue weighted by molar-refractivity contribution is 0.393. The van der Waals surface area contributed by atoms with Crippen LogP contribution in [-0.2, 0) is 23.2 Å². The summed E-state index contributed by atoms with van der Waals surface area (Å²) in [6, 6.07) is 0. The molecular weight excluding hydrogens is 210 g/mol. The normalized spacial score (nSPS) is 18.5. The molecule has 0 unspecified atom stereocenters. The van der Waals surface area contributed by atoms with Gasteiger partial charge in [0, 0.05) is 17.8 Å². The van der Waals surface area contributed by atoms with Gasteiger partial charge in [-0.2, -0.15) is 12.7 Å². The number of hydrogen-bond donors (Lipinski definition) is 1. The molecule has 0 saturated heterocycles. The Morgan fingerprint density at radius 2 is 2.38 bits per heavy atom. The Hall–Kier alpha value is -0.500. The molecule has 13 heavy (non-hydrogen) atoms. The van der Waals surface area contributed by atoms with E-state index in [1.54, 1.807) is 5.51 Å². The fourth-order valence-electron chi connectivity index (χ4n) is 1.31. The van der Waals surface area contributed by atoms with Gasteiger partial charge in [0.05, 0.1) is 17.7 Å². The fourth-order valence-corrected chi connectivity index (χ4v) is 2.88. The van der Waals surface area contributed by atoms with E-state index in [2.05, 4.69) is 4.98 Å². The van der Waals surface area contributed by atoms with Crippen molar-refractivity contribution in [2.24, 2.45) is 5.14 Å². The second kappa shape index (κ2) is 3.02. The van der Waals surface area contributed by atoms with E-state index in [0.29, 0.717) is 19.5 Å². The summed E-state index contributed by atoms with van der Waals surface area (Å²) in [5.41, 5.74) is 2.74. The highest BCUT2D eigenvalue weighted by Crippen LogP contribution is 2.22. The molecule has 72 valence electrons. The van der Waals surface area contributed by atoms with Crippen LogP contribution in [0.15, 0.2) is 5.51 Å². The average Bonchev–Trinajstić information content (AvgIpc) is 2.47. The maximum absolute atomic E-state index is 11.0. The van der Waals surface area contributed by atoms with Crippen molar-refractivity contribution in [2.45, 2.75) is 13.0 Å². The Balaban J connectivity index is 2.27. The van der Waals surface area contributed by atoms with Crippen molar-refractivity contribution in [2.75, 3.05) is 6.54 Å². The third-order valence-corrected chi connectivity index (χ3v) is 3.89. The number of nitrogens with zero attached hydrogens (tertiary/aromatic N) is 2. The molecule has 1 aliphatic heterocycles. The highest BCUT2D eigenvalue weighted by atomic mass is 32.2. The summed E-state index contributed by atoms with van der Waals surface area (Å²) in [5, 5.41) is 5.02. The Labute approximate surface area is 80.4 Å². The molecule has 0 saturated carbocycles. The van der Waals surface area contributed by atoms with E-state index in [9.17, 15) is 8.42 Å². The van der Waals surface area contributed by atoms with Gasteiger partial charge in [0.25, 0.3) is 10.2 Å². The molecule has 1 aromatic heterocycles. The van der Waals surface area contributed by atoms with Crippen molar-refractivity contribution in [1.82, 2.24) is 9.29 Å². The van der Waals surface area contributed by atoms with Crippen LogP contribution in [0.1, 0.15) is 10.6 Å². The van der Waals surface area contributed by atoms with Gasteiger partial charge in [0.2, 0.25) is 0 Å². The molecule has 0 atom stereocenters. The topological polar surface area (TPSA) is 76.3 Å². The van der Waals surface area contributed by atoms with Crippen molar-refractivity contribution in [3.63, 3.8) is 0 Å². The minimum absolute atomic E-state index is 0.374. The Morgan fingerprint density at radius 3 is 3.08 bits per heavy atom. The first-order chi connectivity index (χ1) is 6.07. The maximum atomic E-state index is 11.0. The second-order valence-corrected chi connectivity index (χ2v) is 5.34. The Kier molecular flexibility index (Phi) is 2.11. The van der Waals surface area contributed by atoms with Crippen LogP contribution in [0.3, 0.4) is 0 Å². The molecule has 2 heterocycles. The number of nitrogens with two attached hydrogens (primary N) is 1. The van der Waals surface area contributed by atoms with Crippen LogP contribution in [0.25, 0.3) is 0 Å². The molecule has 0 radical (unpaired) electrons. The molecule has 1 aromatic rings. The minimum atomic E-state index is -3.53. The van der Waals surface area contributed by atoms with Crippen molar-refractivity contribution >= 4 is 21.5 Å². The molecular formula is C6H9N3O2S2. The van der Waals surface area contributed by atoms with Gasteiger partial charge in [-0.1, -0.05) is 0 Å². The molecule has 0 aliphatic carbocycles. The molecule has 2 N–H and O–H groups in total. The minimum Gasteiger partial charge on any atom is -0.249 e. The van der Waals surface area contributed by atoms with Crippen LogP contribution in [0.5, 0.6) is 0 Å². The molecule has 0 spiro atoms. The van der Waals surface area contributed by atoms with Crippen LogP contribution in [0.2, 0.25) is 0 Å². The monoisotopic (exact) mass is 219 g/mol. The van der Waals surface area contributed by atoms with E-state index in [1.165, 1.54) is 15.6 Å². The molecule has 0 fully saturated rings. The highest BCUT2D eigenvalue weighted by Gasteiger charge is 2.24. The van der Waals surface area contributed by atoms with E-state index >= 15 is 0 Å². The van der Waals surface area contributed by atoms with Gasteiger partial charge in [-0.3, -0.25) is 0 Å². The Morgan fingerprint density at radius 1 is 1.62 bits per heavy atom. The van der Waals surface area contributed by atoms with E-state index in [4.69, 9.17) is 5.14 Å². The predicted molar refractivity (Wildman–Crippen MR) is 49.3 cm³/mol. The summed E-state index contributed by atoms with van der Waals surface area (Å²) in [6.07, 6.45) is 0.662. The molecule has 0 aromatic carbocycles. The van der Waals surface area contributed by atoms with Crippen LogP contribution >= 0.6 is 11.3 Å². The van der Waals surface area contributed by atoms with Gasteiger partial charge in [0.15, 0.2) is 0 Å². The van der Waals surface area contributed by atoms with Gasteiger partial charge >= 0.3 is 0 Å². The summed E-state index contributed by atoms with van der Waals surface area (Å²) < 4.78 is 23.3. The molecule has 2 rings (SSSR count). The summed E-state index contributed by atoms with van der Waals surface area (Å²) in [4.78, 5) is 5.13. The van der Waals surface area contributed by atoms with Gasteiger partial charge < -0.3 is 0 Å². The molecule has 0 amide bonds. The molecule has 7 heteroatoms. The summed E-state index contributed by atoms with van der Waals surface area (Å²) in [5.74, 6) is 0. The third kappa shape index (κ3) is 1.73. The summed E-state index contributed by atoms with van der Waals surface area (Å²) >= 11 is 1.47. The Bertz CT molecular complexity index is 411. The van der Waals surface area contributed by atoms with Crippen molar-refractivity contribution in [3.8, 4) is 0 Å². The molecule has 5 nitrogen and oxygen atoms in total. The zero-order chi connectivity index (χ0) is 9.47. The van der Waals surface area contributed by atoms with Crippen LogP contribution in [0, 0.1) is 0 Å². The lowest BCUT2D eigenvalue weighted by Crippen LogP contribution is -2.39. The van der Waals surface area contributed by atoms with E-state index < -0.39 is 10.2 Å². The quantitative estimate of drug-likeness (QED) is 0.704. The fraction of sp³-hybridized carbons (Fsp3) is 0.500. The standard InChI is InChI=1S/C6H9N3O2S2/c7-13(10,11)9-2-1-5-6(3-9)12-4-8-5/h4H,1-3H2,(H2,7,10,11). The lowest BCUT2D eigenvalue weighted by atomic mass is 10.2. The second-order valence-electron chi connectivity index (χ2n) is 2.85. The summed E-state index contributed by atoms with van der Waals surface area (Å²) in [7, 11) is -3.53. The number of aromatic nitrogens is 1. The zero-order valence-corrected chi connectivity index (χ0v) is 8.44. The van der Waals surface area contributed by atoms with Gasteiger partial charge in [-0.15, -0.1) is 11.3 Å². The SMILES string of the molecule is NS(=O)(=O)N1CCc2ncsc2C1. The molecule has 1 aliphatic rings. The average molecular weight is 219 g/mol. The number of hydrogen-bond acceptors (Lipinski definition) is 4. The van der Waals surface area contributed by atoms with Gasteiger partial charge in [-0.25, -0.2) is 10.1 Å². The molecule has 0 bridgehead atoms. The first kappa shape index (κ1) is 9.07. The van der Waals surface area contributed by atoms with Gasteiger partial charge in [0.1, 0.15) is 0 Å². The van der Waals surface area contributed by atoms with Crippen molar-refractivity contribution in [1.29, 1.82) is 0 Å². The van der Waals surface area contributed by atoms with Crippen LogP contribution in [0.4, 0.5) is 0 Å². The first-order valence-electron chi connectivity index (χ1n) is 3.76. The van der Waals surface area contributed by atoms with E-state index in [-0.39, 0.29) is 0 Å². The zero-order valence-electron chi connectivity index (χ0n) is 6.80. The van der Waals surface area contributed by atoms with Crippen molar-refractivity contribution in [3.05, 3.63) is 16.1 Å². The third-order valence-electron chi connectivity index (χ3n) is 2.00. The summed E-state index contributed by atoms with van der Waals surface area (Å²) in [6.45, 7) is 0.814. The number of rotatable bonds is 1.